The molecule has 1 rings (SSSR count). The van der Waals surface area contributed by atoms with E-state index in [0.717, 1.165) is 4.35 Å². The van der Waals surface area contributed by atoms with E-state index < -0.39 is 0 Å². The molecule has 2 N–H and O–H groups in total. The van der Waals surface area contributed by atoms with Crippen molar-refractivity contribution in [3.8, 4) is 0 Å². The third kappa shape index (κ3) is 1.39. The zero-order chi connectivity index (χ0) is 7.56. The molecule has 1 amide bonds. The van der Waals surface area contributed by atoms with Crippen molar-refractivity contribution in [3.05, 3.63) is 29.8 Å². The fourth-order valence-electron chi connectivity index (χ4n) is 0.721. The molecular formula is C7H8AsNO. The summed E-state index contributed by atoms with van der Waals surface area (Å²) in [6.07, 6.45) is 0. The number of benzene rings is 1. The summed E-state index contributed by atoms with van der Waals surface area (Å²) in [4.78, 5) is 10.7. The molecule has 0 bridgehead atoms. The maximum absolute atomic E-state index is 10.7. The number of hydrogen-bond acceptors (Lipinski definition) is 1. The molecule has 0 aliphatic carbocycles. The fraction of sp³-hybridized carbons (Fsp3) is 0. The molecule has 10 heavy (non-hydrogen) atoms. The van der Waals surface area contributed by atoms with Gasteiger partial charge in [-0.05, 0) is 0 Å². The van der Waals surface area contributed by atoms with E-state index in [1.807, 2.05) is 18.2 Å². The van der Waals surface area contributed by atoms with Crippen molar-refractivity contribution >= 4 is 27.1 Å². The summed E-state index contributed by atoms with van der Waals surface area (Å²) >= 11 is 1.42. The molecule has 3 heteroatoms. The zero-order valence-electron chi connectivity index (χ0n) is 5.37. The molecule has 0 spiro atoms. The van der Waals surface area contributed by atoms with Crippen LogP contribution in [0, 0.1) is 0 Å². The van der Waals surface area contributed by atoms with Crippen molar-refractivity contribution in [1.82, 2.24) is 0 Å². The Morgan fingerprint density at radius 3 is 2.40 bits per heavy atom. The van der Waals surface area contributed by atoms with Gasteiger partial charge in [-0.2, -0.15) is 0 Å². The van der Waals surface area contributed by atoms with Gasteiger partial charge in [0, 0.05) is 0 Å². The molecule has 0 aromatic heterocycles. The van der Waals surface area contributed by atoms with Crippen LogP contribution in [0.25, 0.3) is 0 Å². The second-order valence-electron chi connectivity index (χ2n) is 1.95. The number of carbonyl (C=O) groups excluding carboxylic acids is 1. The van der Waals surface area contributed by atoms with Gasteiger partial charge in [-0.25, -0.2) is 0 Å². The van der Waals surface area contributed by atoms with Crippen LogP contribution in [0.2, 0.25) is 0 Å². The van der Waals surface area contributed by atoms with Crippen molar-refractivity contribution in [1.29, 1.82) is 0 Å². The van der Waals surface area contributed by atoms with E-state index in [0.29, 0.717) is 5.56 Å². The minimum absolute atomic E-state index is 0.347. The van der Waals surface area contributed by atoms with Crippen LogP contribution in [-0.4, -0.2) is 22.8 Å². The number of hydrogen-bond donors (Lipinski definition) is 1. The molecule has 0 aliphatic heterocycles. The number of nitrogens with two attached hydrogens (primary N) is 1. The number of carbonyl (C=O) groups is 1. The van der Waals surface area contributed by atoms with E-state index in [4.69, 9.17) is 5.73 Å². The standard InChI is InChI=1S/C7H8AsNO/c8-6-4-2-1-3-5(6)7(9)10/h1-4H,8H2,(H2,9,10). The molecule has 0 fully saturated rings. The molecule has 1 atom stereocenters. The van der Waals surface area contributed by atoms with Crippen LogP contribution < -0.4 is 10.1 Å². The number of primary amides is 1. The molecule has 0 radical (unpaired) electrons. The predicted molar refractivity (Wildman–Crippen MR) is 43.1 cm³/mol. The predicted octanol–water partition coefficient (Wildman–Crippen LogP) is -0.956. The summed E-state index contributed by atoms with van der Waals surface area (Å²) in [5, 5.41) is 0. The van der Waals surface area contributed by atoms with Crippen molar-refractivity contribution in [3.63, 3.8) is 0 Å². The summed E-state index contributed by atoms with van der Waals surface area (Å²) in [6, 6.07) is 7.33. The average Bonchev–Trinajstić information content (AvgIpc) is 1.88. The number of amides is 1. The molecule has 2 nitrogen and oxygen atoms in total. The minimum atomic E-state index is -0.347. The van der Waals surface area contributed by atoms with E-state index >= 15 is 0 Å². The second-order valence-corrected chi connectivity index (χ2v) is 3.26. The van der Waals surface area contributed by atoms with Gasteiger partial charge in [0.25, 0.3) is 0 Å². The quantitative estimate of drug-likeness (QED) is 0.579. The fourth-order valence-corrected chi connectivity index (χ4v) is 1.45. The summed E-state index contributed by atoms with van der Waals surface area (Å²) in [5.74, 6) is -0.347. The Hall–Kier alpha value is -0.752. The summed E-state index contributed by atoms with van der Waals surface area (Å²) in [7, 11) is 0. The Labute approximate surface area is 67.9 Å². The van der Waals surface area contributed by atoms with Gasteiger partial charge in [-0.3, -0.25) is 0 Å². The third-order valence-corrected chi connectivity index (χ3v) is 2.28. The zero-order valence-corrected chi connectivity index (χ0v) is 7.79. The first-order valence-electron chi connectivity index (χ1n) is 2.86. The molecule has 0 saturated heterocycles. The van der Waals surface area contributed by atoms with E-state index in [1.54, 1.807) is 6.07 Å². The summed E-state index contributed by atoms with van der Waals surface area (Å²) in [5.41, 5.74) is 5.71. The summed E-state index contributed by atoms with van der Waals surface area (Å²) < 4.78 is 0.988. The Morgan fingerprint density at radius 1 is 1.40 bits per heavy atom. The molecule has 0 saturated carbocycles. The van der Waals surface area contributed by atoms with Crippen LogP contribution >= 0.6 is 0 Å². The third-order valence-electron chi connectivity index (χ3n) is 1.23. The Kier molecular flexibility index (Phi) is 2.13. The molecular weight excluding hydrogens is 189 g/mol. The van der Waals surface area contributed by atoms with Gasteiger partial charge in [0.05, 0.1) is 0 Å². The van der Waals surface area contributed by atoms with Gasteiger partial charge < -0.3 is 0 Å². The van der Waals surface area contributed by atoms with Gasteiger partial charge in [0.15, 0.2) is 0 Å². The Balaban J connectivity index is 3.15. The van der Waals surface area contributed by atoms with Gasteiger partial charge in [0.2, 0.25) is 0 Å². The first kappa shape index (κ1) is 7.36. The average molecular weight is 197 g/mol. The maximum atomic E-state index is 10.7. The monoisotopic (exact) mass is 197 g/mol. The van der Waals surface area contributed by atoms with Gasteiger partial charge in [0.1, 0.15) is 0 Å². The van der Waals surface area contributed by atoms with Crippen molar-refractivity contribution in [2.75, 3.05) is 0 Å². The Bertz CT molecular complexity index is 260. The molecule has 0 heterocycles. The van der Waals surface area contributed by atoms with E-state index in [9.17, 15) is 4.79 Å². The van der Waals surface area contributed by atoms with Crippen LogP contribution in [0.1, 0.15) is 10.4 Å². The molecule has 52 valence electrons. The van der Waals surface area contributed by atoms with Crippen molar-refractivity contribution < 1.29 is 4.79 Å². The van der Waals surface area contributed by atoms with Crippen LogP contribution in [0.3, 0.4) is 0 Å². The van der Waals surface area contributed by atoms with Gasteiger partial charge >= 0.3 is 67.5 Å². The Morgan fingerprint density at radius 2 is 2.00 bits per heavy atom. The molecule has 1 unspecified atom stereocenters. The number of rotatable bonds is 1. The topological polar surface area (TPSA) is 43.1 Å². The van der Waals surface area contributed by atoms with Gasteiger partial charge in [-0.15, -0.1) is 0 Å². The normalized spacial score (nSPS) is 9.30. The van der Waals surface area contributed by atoms with Crippen molar-refractivity contribution in [2.24, 2.45) is 5.73 Å². The first-order valence-corrected chi connectivity index (χ1v) is 4.07. The first-order chi connectivity index (χ1) is 4.72. The van der Waals surface area contributed by atoms with E-state index in [-0.39, 0.29) is 5.91 Å². The van der Waals surface area contributed by atoms with Gasteiger partial charge in [-0.1, -0.05) is 0 Å². The van der Waals surface area contributed by atoms with E-state index in [1.165, 1.54) is 16.9 Å². The molecule has 1 aromatic rings. The molecule has 0 aliphatic rings. The van der Waals surface area contributed by atoms with Crippen LogP contribution in [0.4, 0.5) is 0 Å². The van der Waals surface area contributed by atoms with E-state index in [2.05, 4.69) is 0 Å². The SMILES string of the molecule is NC(=O)c1ccccc1[AsH2]. The van der Waals surface area contributed by atoms with Crippen molar-refractivity contribution in [2.45, 2.75) is 0 Å². The van der Waals surface area contributed by atoms with Crippen LogP contribution in [-0.2, 0) is 0 Å². The summed E-state index contributed by atoms with van der Waals surface area (Å²) in [6.45, 7) is 0. The molecule has 1 aromatic carbocycles. The van der Waals surface area contributed by atoms with Crippen LogP contribution in [0.15, 0.2) is 24.3 Å². The van der Waals surface area contributed by atoms with Crippen LogP contribution in [0.5, 0.6) is 0 Å². The second kappa shape index (κ2) is 2.89.